The molecule has 6 heteroatoms. The van der Waals surface area contributed by atoms with E-state index in [2.05, 4.69) is 10.3 Å². The molecule has 0 radical (unpaired) electrons. The lowest BCUT2D eigenvalue weighted by Gasteiger charge is -2.07. The first-order valence-corrected chi connectivity index (χ1v) is 7.77. The highest BCUT2D eigenvalue weighted by molar-refractivity contribution is 7.16. The van der Waals surface area contributed by atoms with Crippen molar-refractivity contribution in [3.63, 3.8) is 0 Å². The molecule has 0 saturated heterocycles. The van der Waals surface area contributed by atoms with Crippen LogP contribution in [0.2, 0.25) is 0 Å². The molecule has 5 nitrogen and oxygen atoms in total. The highest BCUT2D eigenvalue weighted by Crippen LogP contribution is 2.33. The highest BCUT2D eigenvalue weighted by Gasteiger charge is 2.22. The van der Waals surface area contributed by atoms with E-state index in [-0.39, 0.29) is 5.91 Å². The zero-order chi connectivity index (χ0) is 16.3. The maximum Gasteiger partial charge on any atom is 0.341 e. The van der Waals surface area contributed by atoms with E-state index in [1.807, 2.05) is 26.8 Å². The molecule has 0 saturated carbocycles. The lowest BCUT2D eigenvalue weighted by atomic mass is 10.1. The second kappa shape index (κ2) is 6.70. The average molecular weight is 318 g/mol. The summed E-state index contributed by atoms with van der Waals surface area (Å²) in [5.41, 5.74) is 2.33. The van der Waals surface area contributed by atoms with Crippen molar-refractivity contribution in [3.8, 4) is 0 Å². The Labute approximate surface area is 133 Å². The molecule has 1 N–H and O–H groups in total. The molecule has 0 aliphatic rings. The number of hydrogen-bond acceptors (Lipinski definition) is 5. The Bertz CT molecular complexity index is 722. The minimum Gasteiger partial charge on any atom is -0.462 e. The van der Waals surface area contributed by atoms with Crippen molar-refractivity contribution >= 4 is 28.2 Å². The zero-order valence-electron chi connectivity index (χ0n) is 13.0. The second-order valence-corrected chi connectivity index (χ2v) is 6.05. The quantitative estimate of drug-likeness (QED) is 0.876. The fourth-order valence-electron chi connectivity index (χ4n) is 2.00. The summed E-state index contributed by atoms with van der Waals surface area (Å²) in [7, 11) is 0. The molecule has 22 heavy (non-hydrogen) atoms. The number of nitrogens with zero attached hydrogens (tertiary/aromatic N) is 1. The van der Waals surface area contributed by atoms with E-state index in [1.54, 1.807) is 19.1 Å². The Hall–Kier alpha value is -2.21. The van der Waals surface area contributed by atoms with Gasteiger partial charge < -0.3 is 10.1 Å². The van der Waals surface area contributed by atoms with Crippen LogP contribution in [0.25, 0.3) is 0 Å². The van der Waals surface area contributed by atoms with E-state index in [0.29, 0.717) is 22.9 Å². The van der Waals surface area contributed by atoms with E-state index in [9.17, 15) is 9.59 Å². The number of aromatic nitrogens is 1. The van der Waals surface area contributed by atoms with Crippen LogP contribution in [0.4, 0.5) is 5.00 Å². The van der Waals surface area contributed by atoms with Crippen LogP contribution in [0.1, 0.15) is 43.9 Å². The van der Waals surface area contributed by atoms with Crippen LogP contribution in [0, 0.1) is 20.8 Å². The molecule has 0 bridgehead atoms. The SMILES string of the molecule is CCOC(=O)c1c(NC(=O)c2cccc(C)n2)sc(C)c1C. The van der Waals surface area contributed by atoms with Gasteiger partial charge in [-0.3, -0.25) is 4.79 Å². The van der Waals surface area contributed by atoms with Gasteiger partial charge >= 0.3 is 5.97 Å². The Kier molecular flexibility index (Phi) is 4.92. The Morgan fingerprint density at radius 1 is 1.27 bits per heavy atom. The van der Waals surface area contributed by atoms with Crippen LogP contribution >= 0.6 is 11.3 Å². The van der Waals surface area contributed by atoms with Gasteiger partial charge in [-0.05, 0) is 45.4 Å². The van der Waals surface area contributed by atoms with Crippen molar-refractivity contribution in [2.24, 2.45) is 0 Å². The van der Waals surface area contributed by atoms with Gasteiger partial charge in [-0.2, -0.15) is 0 Å². The van der Waals surface area contributed by atoms with Crippen molar-refractivity contribution in [1.29, 1.82) is 0 Å². The average Bonchev–Trinajstić information content (AvgIpc) is 2.74. The van der Waals surface area contributed by atoms with Gasteiger partial charge in [0.05, 0.1) is 12.2 Å². The number of thiophene rings is 1. The number of carbonyl (C=O) groups is 2. The zero-order valence-corrected chi connectivity index (χ0v) is 13.8. The number of esters is 1. The van der Waals surface area contributed by atoms with Gasteiger partial charge in [0.2, 0.25) is 0 Å². The number of amides is 1. The highest BCUT2D eigenvalue weighted by atomic mass is 32.1. The fraction of sp³-hybridized carbons (Fsp3) is 0.312. The summed E-state index contributed by atoms with van der Waals surface area (Å²) < 4.78 is 5.07. The lowest BCUT2D eigenvalue weighted by Crippen LogP contribution is -2.16. The number of nitrogens with one attached hydrogen (secondary N) is 1. The van der Waals surface area contributed by atoms with Crippen LogP contribution in [0.15, 0.2) is 18.2 Å². The predicted octanol–water partition coefficient (Wildman–Crippen LogP) is 3.50. The molecule has 2 aromatic heterocycles. The number of aryl methyl sites for hydroxylation is 2. The topological polar surface area (TPSA) is 68.3 Å². The molecule has 0 aromatic carbocycles. The number of hydrogen-bond donors (Lipinski definition) is 1. The van der Waals surface area contributed by atoms with E-state index >= 15 is 0 Å². The number of carbonyl (C=O) groups excluding carboxylic acids is 2. The van der Waals surface area contributed by atoms with Crippen molar-refractivity contribution in [2.45, 2.75) is 27.7 Å². The monoisotopic (exact) mass is 318 g/mol. The second-order valence-electron chi connectivity index (χ2n) is 4.83. The normalized spacial score (nSPS) is 10.4. The molecule has 0 unspecified atom stereocenters. The maximum atomic E-state index is 12.3. The molecule has 2 rings (SSSR count). The summed E-state index contributed by atoms with van der Waals surface area (Å²) in [6, 6.07) is 5.23. The van der Waals surface area contributed by atoms with Crippen LogP contribution in [0.5, 0.6) is 0 Å². The minimum atomic E-state index is -0.420. The maximum absolute atomic E-state index is 12.3. The first-order chi connectivity index (χ1) is 10.4. The van der Waals surface area contributed by atoms with Crippen LogP contribution in [-0.4, -0.2) is 23.5 Å². The molecular weight excluding hydrogens is 300 g/mol. The van der Waals surface area contributed by atoms with Gasteiger partial charge in [0, 0.05) is 10.6 Å². The molecule has 0 spiro atoms. The summed E-state index contributed by atoms with van der Waals surface area (Å²) >= 11 is 1.36. The van der Waals surface area contributed by atoms with Crippen LogP contribution in [-0.2, 0) is 4.74 Å². The molecule has 2 heterocycles. The van der Waals surface area contributed by atoms with Crippen molar-refractivity contribution in [2.75, 3.05) is 11.9 Å². The fourth-order valence-corrected chi connectivity index (χ4v) is 3.04. The van der Waals surface area contributed by atoms with Gasteiger partial charge in [0.15, 0.2) is 0 Å². The van der Waals surface area contributed by atoms with Crippen molar-refractivity contribution in [1.82, 2.24) is 4.98 Å². The summed E-state index contributed by atoms with van der Waals surface area (Å²) in [6.07, 6.45) is 0. The molecule has 0 aliphatic heterocycles. The summed E-state index contributed by atoms with van der Waals surface area (Å²) in [4.78, 5) is 29.5. The molecule has 1 amide bonds. The van der Waals surface area contributed by atoms with Crippen LogP contribution < -0.4 is 5.32 Å². The van der Waals surface area contributed by atoms with Gasteiger partial charge in [-0.25, -0.2) is 9.78 Å². The molecule has 2 aromatic rings. The number of anilines is 1. The van der Waals surface area contributed by atoms with Crippen molar-refractivity contribution < 1.29 is 14.3 Å². The van der Waals surface area contributed by atoms with Crippen LogP contribution in [0.3, 0.4) is 0 Å². The molecular formula is C16H18N2O3S. The third kappa shape index (κ3) is 3.33. The van der Waals surface area contributed by atoms with Crippen molar-refractivity contribution in [3.05, 3.63) is 45.6 Å². The number of rotatable bonds is 4. The number of pyridine rings is 1. The smallest absolute Gasteiger partial charge is 0.341 e. The molecule has 0 aliphatic carbocycles. The first-order valence-electron chi connectivity index (χ1n) is 6.96. The first kappa shape index (κ1) is 16.2. The summed E-state index contributed by atoms with van der Waals surface area (Å²) in [5, 5.41) is 3.27. The molecule has 116 valence electrons. The standard InChI is InChI=1S/C16H18N2O3S/c1-5-21-16(20)13-10(3)11(4)22-15(13)18-14(19)12-8-6-7-9(2)17-12/h6-8H,5H2,1-4H3,(H,18,19). The van der Waals surface area contributed by atoms with Gasteiger partial charge in [-0.15, -0.1) is 11.3 Å². The van der Waals surface area contributed by atoms with E-state index in [1.165, 1.54) is 11.3 Å². The summed E-state index contributed by atoms with van der Waals surface area (Å²) in [5.74, 6) is -0.757. The third-order valence-corrected chi connectivity index (χ3v) is 4.34. The third-order valence-electron chi connectivity index (χ3n) is 3.21. The van der Waals surface area contributed by atoms with E-state index in [4.69, 9.17) is 4.74 Å². The largest absolute Gasteiger partial charge is 0.462 e. The van der Waals surface area contributed by atoms with E-state index in [0.717, 1.165) is 16.1 Å². The lowest BCUT2D eigenvalue weighted by molar-refractivity contribution is 0.0527. The Morgan fingerprint density at radius 2 is 2.00 bits per heavy atom. The Balaban J connectivity index is 2.31. The molecule has 0 fully saturated rings. The van der Waals surface area contributed by atoms with Gasteiger partial charge in [-0.1, -0.05) is 6.07 Å². The van der Waals surface area contributed by atoms with E-state index < -0.39 is 5.97 Å². The number of ether oxygens (including phenoxy) is 1. The minimum absolute atomic E-state index is 0.292. The van der Waals surface area contributed by atoms with Gasteiger partial charge in [0.25, 0.3) is 5.91 Å². The summed E-state index contributed by atoms with van der Waals surface area (Å²) in [6.45, 7) is 7.61. The molecule has 0 atom stereocenters. The van der Waals surface area contributed by atoms with Gasteiger partial charge in [0.1, 0.15) is 10.7 Å². The predicted molar refractivity (Wildman–Crippen MR) is 86.7 cm³/mol. The Morgan fingerprint density at radius 3 is 2.64 bits per heavy atom.